The van der Waals surface area contributed by atoms with Crippen LogP contribution in [0.3, 0.4) is 0 Å². The molecule has 1 aliphatic rings. The van der Waals surface area contributed by atoms with Crippen LogP contribution in [0.25, 0.3) is 0 Å². The van der Waals surface area contributed by atoms with Gasteiger partial charge >= 0.3 is 6.09 Å². The lowest BCUT2D eigenvalue weighted by molar-refractivity contribution is -0.0244. The van der Waals surface area contributed by atoms with E-state index in [9.17, 15) is 9.90 Å². The molecule has 0 aromatic heterocycles. The van der Waals surface area contributed by atoms with Gasteiger partial charge < -0.3 is 14.7 Å². The summed E-state index contributed by atoms with van der Waals surface area (Å²) < 4.78 is 4.97. The first-order valence-electron chi connectivity index (χ1n) is 6.87. The lowest BCUT2D eigenvalue weighted by atomic mass is 9.84. The van der Waals surface area contributed by atoms with Crippen LogP contribution in [0.15, 0.2) is 18.2 Å². The van der Waals surface area contributed by atoms with Crippen molar-refractivity contribution in [1.29, 1.82) is 0 Å². The predicted molar refractivity (Wildman–Crippen MR) is 77.9 cm³/mol. The Bertz CT molecular complexity index is 496. The van der Waals surface area contributed by atoms with E-state index >= 15 is 0 Å². The van der Waals surface area contributed by atoms with Crippen molar-refractivity contribution >= 4 is 17.7 Å². The second kappa shape index (κ2) is 6.02. The van der Waals surface area contributed by atoms with Crippen LogP contribution in [0.5, 0.6) is 0 Å². The van der Waals surface area contributed by atoms with Crippen molar-refractivity contribution in [2.24, 2.45) is 0 Å². The number of carbonyl (C=O) groups excluding carboxylic acids is 1. The summed E-state index contributed by atoms with van der Waals surface area (Å²) in [6, 6.07) is 5.63. The quantitative estimate of drug-likeness (QED) is 0.912. The number of carbonyl (C=O) groups is 1. The number of aliphatic hydroxyl groups is 1. The summed E-state index contributed by atoms with van der Waals surface area (Å²) in [5.74, 6) is 0. The van der Waals surface area contributed by atoms with Gasteiger partial charge in [0, 0.05) is 18.1 Å². The third kappa shape index (κ3) is 3.07. The van der Waals surface area contributed by atoms with E-state index in [1.807, 2.05) is 25.1 Å². The molecule has 0 aliphatic carbocycles. The minimum absolute atomic E-state index is 0.309. The Balaban J connectivity index is 2.07. The van der Waals surface area contributed by atoms with Crippen LogP contribution in [-0.2, 0) is 10.3 Å². The van der Waals surface area contributed by atoms with Gasteiger partial charge in [-0.05, 0) is 43.9 Å². The van der Waals surface area contributed by atoms with Gasteiger partial charge in [0.15, 0.2) is 0 Å². The smallest absolute Gasteiger partial charge is 0.409 e. The highest BCUT2D eigenvalue weighted by Crippen LogP contribution is 2.34. The Hall–Kier alpha value is -1.26. The van der Waals surface area contributed by atoms with Gasteiger partial charge in [-0.25, -0.2) is 4.79 Å². The number of amides is 1. The molecule has 1 fully saturated rings. The molecule has 1 aliphatic heterocycles. The van der Waals surface area contributed by atoms with Crippen molar-refractivity contribution in [1.82, 2.24) is 4.90 Å². The monoisotopic (exact) mass is 297 g/mol. The highest BCUT2D eigenvalue weighted by molar-refractivity contribution is 6.31. The summed E-state index contributed by atoms with van der Waals surface area (Å²) in [5, 5.41) is 11.4. The van der Waals surface area contributed by atoms with E-state index in [1.165, 1.54) is 0 Å². The fourth-order valence-electron chi connectivity index (χ4n) is 2.44. The normalized spacial score (nSPS) is 17.9. The number of benzene rings is 1. The molecule has 0 bridgehead atoms. The molecule has 1 heterocycles. The summed E-state index contributed by atoms with van der Waals surface area (Å²) in [6.07, 6.45) is 0.674. The maximum atomic E-state index is 11.6. The Morgan fingerprint density at radius 3 is 2.65 bits per heavy atom. The maximum absolute atomic E-state index is 11.6. The van der Waals surface area contributed by atoms with Crippen LogP contribution in [0.4, 0.5) is 4.79 Å². The zero-order valence-corrected chi connectivity index (χ0v) is 12.6. The highest BCUT2D eigenvalue weighted by Gasteiger charge is 2.36. The van der Waals surface area contributed by atoms with E-state index in [4.69, 9.17) is 16.3 Å². The molecular weight excluding hydrogens is 278 g/mol. The van der Waals surface area contributed by atoms with Crippen LogP contribution >= 0.6 is 11.6 Å². The Morgan fingerprint density at radius 2 is 2.10 bits per heavy atom. The molecule has 0 unspecified atom stereocenters. The average molecular weight is 298 g/mol. The number of likely N-dealkylation sites (tertiary alicyclic amines) is 1. The van der Waals surface area contributed by atoms with E-state index < -0.39 is 5.60 Å². The molecule has 0 spiro atoms. The summed E-state index contributed by atoms with van der Waals surface area (Å²) >= 11 is 6.12. The van der Waals surface area contributed by atoms with Crippen LogP contribution in [0.2, 0.25) is 5.02 Å². The van der Waals surface area contributed by atoms with Crippen molar-refractivity contribution < 1.29 is 14.6 Å². The van der Waals surface area contributed by atoms with Gasteiger partial charge in [-0.15, -0.1) is 0 Å². The molecule has 1 N–H and O–H groups in total. The number of ether oxygens (including phenoxy) is 1. The summed E-state index contributed by atoms with van der Waals surface area (Å²) in [5.41, 5.74) is 0.889. The van der Waals surface area contributed by atoms with Crippen LogP contribution in [0, 0.1) is 6.92 Å². The molecule has 5 heteroatoms. The van der Waals surface area contributed by atoms with Crippen molar-refractivity contribution in [2.45, 2.75) is 32.3 Å². The van der Waals surface area contributed by atoms with Gasteiger partial charge in [0.25, 0.3) is 0 Å². The molecule has 110 valence electrons. The van der Waals surface area contributed by atoms with Crippen molar-refractivity contribution in [2.75, 3.05) is 19.7 Å². The van der Waals surface area contributed by atoms with Gasteiger partial charge in [-0.3, -0.25) is 0 Å². The van der Waals surface area contributed by atoms with Crippen molar-refractivity contribution in [3.63, 3.8) is 0 Å². The standard InChI is InChI=1S/C15H20ClNO3/c1-3-20-14(18)17-8-6-15(19,7-9-17)12-5-4-11(2)13(16)10-12/h4-5,10,19H,3,6-9H2,1-2H3. The van der Waals surface area contributed by atoms with Gasteiger partial charge in [-0.2, -0.15) is 0 Å². The largest absolute Gasteiger partial charge is 0.450 e. The third-order valence-corrected chi connectivity index (χ3v) is 4.23. The number of piperidine rings is 1. The lowest BCUT2D eigenvalue weighted by Gasteiger charge is -2.38. The van der Waals surface area contributed by atoms with E-state index in [0.29, 0.717) is 37.6 Å². The first-order chi connectivity index (χ1) is 9.46. The number of halogens is 1. The van der Waals surface area contributed by atoms with Crippen LogP contribution in [0.1, 0.15) is 30.9 Å². The van der Waals surface area contributed by atoms with Gasteiger partial charge in [-0.1, -0.05) is 23.7 Å². The average Bonchev–Trinajstić information content (AvgIpc) is 2.43. The fourth-order valence-corrected chi connectivity index (χ4v) is 2.63. The second-order valence-corrected chi connectivity index (χ2v) is 5.59. The highest BCUT2D eigenvalue weighted by atomic mass is 35.5. The Morgan fingerprint density at radius 1 is 1.45 bits per heavy atom. The summed E-state index contributed by atoms with van der Waals surface area (Å²) in [7, 11) is 0. The number of hydrogen-bond donors (Lipinski definition) is 1. The number of rotatable bonds is 2. The maximum Gasteiger partial charge on any atom is 0.409 e. The predicted octanol–water partition coefficient (Wildman–Crippen LogP) is 3.09. The van der Waals surface area contributed by atoms with E-state index in [-0.39, 0.29) is 6.09 Å². The van der Waals surface area contributed by atoms with E-state index in [2.05, 4.69) is 0 Å². The molecule has 0 saturated carbocycles. The van der Waals surface area contributed by atoms with Crippen LogP contribution < -0.4 is 0 Å². The molecule has 1 aromatic rings. The summed E-state index contributed by atoms with van der Waals surface area (Å²) in [6.45, 7) is 5.06. The molecule has 1 amide bonds. The van der Waals surface area contributed by atoms with Crippen LogP contribution in [-0.4, -0.2) is 35.8 Å². The molecular formula is C15H20ClNO3. The molecule has 0 atom stereocenters. The van der Waals surface area contributed by atoms with Gasteiger partial charge in [0.1, 0.15) is 0 Å². The number of nitrogens with zero attached hydrogens (tertiary/aromatic N) is 1. The van der Waals surface area contributed by atoms with Gasteiger partial charge in [0.05, 0.1) is 12.2 Å². The van der Waals surface area contributed by atoms with Crippen molar-refractivity contribution in [3.8, 4) is 0 Å². The Kier molecular flexibility index (Phi) is 4.55. The topological polar surface area (TPSA) is 49.8 Å². The molecule has 2 rings (SSSR count). The lowest BCUT2D eigenvalue weighted by Crippen LogP contribution is -2.45. The Labute approximate surface area is 124 Å². The SMILES string of the molecule is CCOC(=O)N1CCC(O)(c2ccc(C)c(Cl)c2)CC1. The third-order valence-electron chi connectivity index (χ3n) is 3.83. The first-order valence-corrected chi connectivity index (χ1v) is 7.25. The molecule has 1 aromatic carbocycles. The minimum Gasteiger partial charge on any atom is -0.450 e. The van der Waals surface area contributed by atoms with Crippen molar-refractivity contribution in [3.05, 3.63) is 34.3 Å². The molecule has 1 saturated heterocycles. The second-order valence-electron chi connectivity index (χ2n) is 5.18. The molecule has 4 nitrogen and oxygen atoms in total. The zero-order chi connectivity index (χ0) is 14.8. The fraction of sp³-hybridized carbons (Fsp3) is 0.533. The minimum atomic E-state index is -0.916. The van der Waals surface area contributed by atoms with E-state index in [1.54, 1.807) is 11.8 Å². The van der Waals surface area contributed by atoms with Gasteiger partial charge in [0.2, 0.25) is 0 Å². The first kappa shape index (κ1) is 15.1. The van der Waals surface area contributed by atoms with E-state index in [0.717, 1.165) is 11.1 Å². The number of aryl methyl sites for hydroxylation is 1. The molecule has 20 heavy (non-hydrogen) atoms. The molecule has 0 radical (unpaired) electrons. The number of hydrogen-bond acceptors (Lipinski definition) is 3. The summed E-state index contributed by atoms with van der Waals surface area (Å²) in [4.78, 5) is 13.3. The zero-order valence-electron chi connectivity index (χ0n) is 11.9.